The summed E-state index contributed by atoms with van der Waals surface area (Å²) in [4.78, 5) is 0. The highest BCUT2D eigenvalue weighted by Crippen LogP contribution is 2.39. The highest BCUT2D eigenvalue weighted by atomic mass is 14.3. The Bertz CT molecular complexity index is 243. The van der Waals surface area contributed by atoms with Crippen molar-refractivity contribution in [1.29, 1.82) is 0 Å². The minimum Gasteiger partial charge on any atom is -0.0690 e. The molecule has 0 nitrogen and oxygen atoms in total. The second kappa shape index (κ2) is 3.08. The molecule has 0 aromatic carbocycles. The maximum atomic E-state index is 2.43. The van der Waals surface area contributed by atoms with Gasteiger partial charge >= 0.3 is 0 Å². The van der Waals surface area contributed by atoms with Gasteiger partial charge in [-0.25, -0.2) is 0 Å². The van der Waals surface area contributed by atoms with Gasteiger partial charge in [0, 0.05) is 0 Å². The van der Waals surface area contributed by atoms with E-state index in [9.17, 15) is 0 Å². The van der Waals surface area contributed by atoms with E-state index in [0.717, 1.165) is 5.92 Å². The first-order valence-corrected chi connectivity index (χ1v) is 5.17. The van der Waals surface area contributed by atoms with Crippen LogP contribution in [0.5, 0.6) is 0 Å². The molecule has 0 radical (unpaired) electrons. The average molecular weight is 162 g/mol. The highest BCUT2D eigenvalue weighted by Gasteiger charge is 2.21. The summed E-state index contributed by atoms with van der Waals surface area (Å²) in [7, 11) is 0. The maximum Gasteiger partial charge on any atom is -0.0102 e. The van der Waals surface area contributed by atoms with E-state index in [1.54, 1.807) is 16.7 Å². The van der Waals surface area contributed by atoms with E-state index >= 15 is 0 Å². The molecule has 2 aliphatic rings. The second-order valence-electron chi connectivity index (χ2n) is 4.31. The number of allylic oxidation sites excluding steroid dienone is 4. The Balaban J connectivity index is 2.11. The SMILES string of the molecule is CCC1CCC2=C(C=C(C)C2)C1. The van der Waals surface area contributed by atoms with Crippen LogP contribution in [0.4, 0.5) is 0 Å². The van der Waals surface area contributed by atoms with Crippen LogP contribution in [0.1, 0.15) is 46.0 Å². The Morgan fingerprint density at radius 1 is 1.50 bits per heavy atom. The van der Waals surface area contributed by atoms with Crippen molar-refractivity contribution >= 4 is 0 Å². The van der Waals surface area contributed by atoms with Crippen molar-refractivity contribution in [2.24, 2.45) is 5.92 Å². The van der Waals surface area contributed by atoms with Crippen molar-refractivity contribution < 1.29 is 0 Å². The van der Waals surface area contributed by atoms with Crippen molar-refractivity contribution in [3.8, 4) is 0 Å². The molecule has 0 heteroatoms. The molecule has 0 aliphatic heterocycles. The van der Waals surface area contributed by atoms with Crippen LogP contribution in [-0.2, 0) is 0 Å². The molecule has 1 atom stereocenters. The molecule has 1 unspecified atom stereocenters. The third-order valence-electron chi connectivity index (χ3n) is 3.31. The summed E-state index contributed by atoms with van der Waals surface area (Å²) in [6.45, 7) is 4.58. The largest absolute Gasteiger partial charge is 0.0690 e. The fraction of sp³-hybridized carbons (Fsp3) is 0.667. The lowest BCUT2D eigenvalue weighted by Gasteiger charge is -2.22. The summed E-state index contributed by atoms with van der Waals surface area (Å²) in [6, 6.07) is 0. The average Bonchev–Trinajstić information content (AvgIpc) is 2.43. The smallest absolute Gasteiger partial charge is 0.0102 e. The van der Waals surface area contributed by atoms with E-state index in [2.05, 4.69) is 19.9 Å². The van der Waals surface area contributed by atoms with E-state index in [1.165, 1.54) is 32.1 Å². The topological polar surface area (TPSA) is 0 Å². The molecule has 0 saturated heterocycles. The maximum absolute atomic E-state index is 2.43. The van der Waals surface area contributed by atoms with E-state index < -0.39 is 0 Å². The van der Waals surface area contributed by atoms with Crippen molar-refractivity contribution in [1.82, 2.24) is 0 Å². The molecule has 0 spiro atoms. The van der Waals surface area contributed by atoms with Gasteiger partial charge in [-0.1, -0.05) is 30.6 Å². The molecule has 0 saturated carbocycles. The summed E-state index contributed by atoms with van der Waals surface area (Å²) >= 11 is 0. The number of hydrogen-bond acceptors (Lipinski definition) is 0. The summed E-state index contributed by atoms with van der Waals surface area (Å²) in [5, 5.41) is 0. The van der Waals surface area contributed by atoms with Crippen molar-refractivity contribution in [3.63, 3.8) is 0 Å². The molecular formula is C12H18. The first kappa shape index (κ1) is 8.10. The second-order valence-corrected chi connectivity index (χ2v) is 4.31. The van der Waals surface area contributed by atoms with Gasteiger partial charge in [-0.3, -0.25) is 0 Å². The van der Waals surface area contributed by atoms with Crippen LogP contribution >= 0.6 is 0 Å². The van der Waals surface area contributed by atoms with E-state index in [-0.39, 0.29) is 0 Å². The summed E-state index contributed by atoms with van der Waals surface area (Å²) in [5.74, 6) is 0.978. The molecule has 2 rings (SSSR count). The Morgan fingerprint density at radius 2 is 2.33 bits per heavy atom. The first-order valence-electron chi connectivity index (χ1n) is 5.17. The van der Waals surface area contributed by atoms with Crippen LogP contribution < -0.4 is 0 Å². The number of hydrogen-bond donors (Lipinski definition) is 0. The molecule has 0 N–H and O–H groups in total. The molecule has 2 aliphatic carbocycles. The van der Waals surface area contributed by atoms with Crippen LogP contribution in [0.2, 0.25) is 0 Å². The summed E-state index contributed by atoms with van der Waals surface area (Å²) in [5.41, 5.74) is 5.01. The molecule has 0 bridgehead atoms. The lowest BCUT2D eigenvalue weighted by atomic mass is 9.84. The van der Waals surface area contributed by atoms with Crippen molar-refractivity contribution in [2.45, 2.75) is 46.0 Å². The standard InChI is InChI=1S/C12H18/c1-3-10-4-5-11-6-9(2)7-12(11)8-10/h7,10H,3-6,8H2,1-2H3. The van der Waals surface area contributed by atoms with Crippen molar-refractivity contribution in [2.75, 3.05) is 0 Å². The Labute approximate surface area is 75.4 Å². The predicted octanol–water partition coefficient (Wildman–Crippen LogP) is 3.84. The van der Waals surface area contributed by atoms with Gasteiger partial charge in [-0.15, -0.1) is 0 Å². The molecular weight excluding hydrogens is 144 g/mol. The van der Waals surface area contributed by atoms with Gasteiger partial charge < -0.3 is 0 Å². The van der Waals surface area contributed by atoms with Crippen LogP contribution in [0.25, 0.3) is 0 Å². The normalized spacial score (nSPS) is 28.8. The zero-order valence-electron chi connectivity index (χ0n) is 8.19. The lowest BCUT2D eigenvalue weighted by molar-refractivity contribution is 0.446. The molecule has 0 aromatic rings. The Hall–Kier alpha value is -0.520. The first-order chi connectivity index (χ1) is 5.79. The van der Waals surface area contributed by atoms with Gasteiger partial charge in [-0.05, 0) is 44.1 Å². The third kappa shape index (κ3) is 1.35. The van der Waals surface area contributed by atoms with Gasteiger partial charge in [-0.2, -0.15) is 0 Å². The lowest BCUT2D eigenvalue weighted by Crippen LogP contribution is -2.06. The van der Waals surface area contributed by atoms with Crippen molar-refractivity contribution in [3.05, 3.63) is 22.8 Å². The third-order valence-corrected chi connectivity index (χ3v) is 3.31. The van der Waals surface area contributed by atoms with E-state index in [4.69, 9.17) is 0 Å². The summed E-state index contributed by atoms with van der Waals surface area (Å²) < 4.78 is 0. The fourth-order valence-electron chi connectivity index (χ4n) is 2.49. The highest BCUT2D eigenvalue weighted by molar-refractivity contribution is 5.39. The van der Waals surface area contributed by atoms with Crippen LogP contribution in [0, 0.1) is 5.92 Å². The monoisotopic (exact) mass is 162 g/mol. The Kier molecular flexibility index (Phi) is 2.08. The molecule has 0 aromatic heterocycles. The van der Waals surface area contributed by atoms with Gasteiger partial charge in [0.1, 0.15) is 0 Å². The molecule has 0 fully saturated rings. The molecule has 0 heterocycles. The minimum atomic E-state index is 0.978. The molecule has 12 heavy (non-hydrogen) atoms. The molecule has 0 amide bonds. The Morgan fingerprint density at radius 3 is 3.08 bits per heavy atom. The van der Waals surface area contributed by atoms with Gasteiger partial charge in [0.2, 0.25) is 0 Å². The van der Waals surface area contributed by atoms with Crippen LogP contribution in [-0.4, -0.2) is 0 Å². The quantitative estimate of drug-likeness (QED) is 0.549. The van der Waals surface area contributed by atoms with E-state index in [0.29, 0.717) is 0 Å². The van der Waals surface area contributed by atoms with E-state index in [1.807, 2.05) is 0 Å². The zero-order valence-corrected chi connectivity index (χ0v) is 8.19. The zero-order chi connectivity index (χ0) is 8.55. The van der Waals surface area contributed by atoms with Gasteiger partial charge in [0.05, 0.1) is 0 Å². The molecule has 66 valence electrons. The minimum absolute atomic E-state index is 0.978. The predicted molar refractivity (Wildman–Crippen MR) is 53.0 cm³/mol. The number of rotatable bonds is 1. The van der Waals surface area contributed by atoms with Gasteiger partial charge in [0.25, 0.3) is 0 Å². The fourth-order valence-corrected chi connectivity index (χ4v) is 2.49. The summed E-state index contributed by atoms with van der Waals surface area (Å²) in [6.07, 6.45) is 9.26. The van der Waals surface area contributed by atoms with Gasteiger partial charge in [0.15, 0.2) is 0 Å². The van der Waals surface area contributed by atoms with Crippen LogP contribution in [0.15, 0.2) is 22.8 Å². The van der Waals surface area contributed by atoms with Crippen LogP contribution in [0.3, 0.4) is 0 Å².